The van der Waals surface area contributed by atoms with Gasteiger partial charge in [-0.2, -0.15) is 5.10 Å². The summed E-state index contributed by atoms with van der Waals surface area (Å²) in [5, 5.41) is 6.66. The average molecular weight is 615 g/mol. The number of fused-ring (bicyclic) bond motifs is 4. The number of carbonyl (C=O) groups is 1. The Hall–Kier alpha value is -3.93. The van der Waals surface area contributed by atoms with Crippen LogP contribution in [0.5, 0.6) is 5.75 Å². The minimum absolute atomic E-state index is 0.0869. The smallest absolute Gasteiger partial charge is 0.277 e. The summed E-state index contributed by atoms with van der Waals surface area (Å²) >= 11 is 6.59. The van der Waals surface area contributed by atoms with Crippen molar-refractivity contribution in [3.8, 4) is 5.75 Å². The van der Waals surface area contributed by atoms with Gasteiger partial charge in [-0.25, -0.2) is 17.9 Å². The maximum Gasteiger partial charge on any atom is 0.277 e. The molecule has 9 nitrogen and oxygen atoms in total. The highest BCUT2D eigenvalue weighted by Gasteiger charge is 2.36. The average Bonchev–Trinajstić information content (AvgIpc) is 3.51. The SMILES string of the molecule is CC(=O)NC(C)(C)c1nn(C2=NC[C@@H]3CCCCc4cc(OC5CCc6cc(F)cnc65)c(Cl)c(=O)n4C3=C2F)cc1F. The Morgan fingerprint density at radius 3 is 2.72 bits per heavy atom. The molecule has 43 heavy (non-hydrogen) atoms. The largest absolute Gasteiger partial charge is 0.482 e. The molecule has 1 unspecified atom stereocenters. The monoisotopic (exact) mass is 614 g/mol. The third-order valence-corrected chi connectivity index (χ3v) is 8.47. The first kappa shape index (κ1) is 29.2. The Kier molecular flexibility index (Phi) is 7.44. The van der Waals surface area contributed by atoms with Gasteiger partial charge in [0.15, 0.2) is 17.5 Å². The zero-order valence-corrected chi connectivity index (χ0v) is 24.6. The molecule has 0 saturated carbocycles. The summed E-state index contributed by atoms with van der Waals surface area (Å²) in [6.45, 7) is 4.64. The van der Waals surface area contributed by atoms with Gasteiger partial charge in [0.2, 0.25) is 5.91 Å². The van der Waals surface area contributed by atoms with Crippen molar-refractivity contribution in [3.63, 3.8) is 0 Å². The van der Waals surface area contributed by atoms with Gasteiger partial charge in [0.25, 0.3) is 5.56 Å². The molecule has 5 heterocycles. The van der Waals surface area contributed by atoms with Crippen LogP contribution in [0.25, 0.3) is 5.70 Å². The van der Waals surface area contributed by atoms with Gasteiger partial charge in [0.1, 0.15) is 28.4 Å². The zero-order valence-electron chi connectivity index (χ0n) is 23.9. The summed E-state index contributed by atoms with van der Waals surface area (Å²) < 4.78 is 53.6. The molecule has 2 aliphatic heterocycles. The Morgan fingerprint density at radius 1 is 1.16 bits per heavy atom. The third kappa shape index (κ3) is 5.26. The molecular formula is C30H30ClF3N6O3. The number of amides is 1. The summed E-state index contributed by atoms with van der Waals surface area (Å²) in [5.41, 5.74) is 0.0587. The molecule has 1 N–H and O–H groups in total. The van der Waals surface area contributed by atoms with E-state index >= 15 is 8.78 Å². The van der Waals surface area contributed by atoms with E-state index in [1.165, 1.54) is 17.6 Å². The summed E-state index contributed by atoms with van der Waals surface area (Å²) in [6.07, 6.45) is 5.34. The molecule has 3 aromatic heterocycles. The van der Waals surface area contributed by atoms with E-state index in [4.69, 9.17) is 16.3 Å². The Balaban J connectivity index is 1.41. The highest BCUT2D eigenvalue weighted by atomic mass is 35.5. The number of allylic oxidation sites excluding steroid dienone is 1. The van der Waals surface area contributed by atoms with Crippen molar-refractivity contribution in [2.24, 2.45) is 10.9 Å². The number of halogens is 4. The van der Waals surface area contributed by atoms with Crippen LogP contribution in [0.4, 0.5) is 13.2 Å². The molecule has 13 heteroatoms. The van der Waals surface area contributed by atoms with Crippen molar-refractivity contribution in [3.05, 3.63) is 80.0 Å². The van der Waals surface area contributed by atoms with Crippen molar-refractivity contribution < 1.29 is 22.7 Å². The van der Waals surface area contributed by atoms with E-state index in [-0.39, 0.29) is 40.5 Å². The van der Waals surface area contributed by atoms with Crippen molar-refractivity contribution in [2.75, 3.05) is 6.54 Å². The van der Waals surface area contributed by atoms with E-state index in [9.17, 15) is 14.0 Å². The standard InChI is InChI=1S/C30H30ClF3N6O3/c1-15(41)37-30(2,3)27-20(33)14-39(38-27)28-24(34)26-17(12-36-28)6-4-5-7-19-11-22(23(31)29(42)40(19)26)43-21-9-8-16-10-18(32)13-35-25(16)21/h10-11,13-14,17,21H,4-9,12H2,1-3H3,(H,37,41)/t17-,21?/m0/s1. The molecule has 3 aromatic rings. The second kappa shape index (κ2) is 11.0. The van der Waals surface area contributed by atoms with Crippen LogP contribution < -0.4 is 15.6 Å². The molecule has 0 spiro atoms. The lowest BCUT2D eigenvalue weighted by Crippen LogP contribution is -2.41. The maximum absolute atomic E-state index is 16.5. The molecule has 0 radical (unpaired) electrons. The summed E-state index contributed by atoms with van der Waals surface area (Å²) in [6, 6.07) is 3.08. The van der Waals surface area contributed by atoms with E-state index in [2.05, 4.69) is 20.4 Å². The molecular weight excluding hydrogens is 585 g/mol. The first-order valence-electron chi connectivity index (χ1n) is 14.2. The quantitative estimate of drug-likeness (QED) is 0.432. The molecule has 1 aliphatic carbocycles. The van der Waals surface area contributed by atoms with Crippen LogP contribution in [0.3, 0.4) is 0 Å². The van der Waals surface area contributed by atoms with Crippen LogP contribution in [0, 0.1) is 17.6 Å². The molecule has 0 bridgehead atoms. The summed E-state index contributed by atoms with van der Waals surface area (Å²) in [7, 11) is 0. The lowest BCUT2D eigenvalue weighted by molar-refractivity contribution is -0.120. The fourth-order valence-electron chi connectivity index (χ4n) is 6.23. The van der Waals surface area contributed by atoms with Crippen LogP contribution >= 0.6 is 11.6 Å². The first-order chi connectivity index (χ1) is 20.4. The van der Waals surface area contributed by atoms with E-state index in [1.807, 2.05) is 0 Å². The second-order valence-corrected chi connectivity index (χ2v) is 12.1. The van der Waals surface area contributed by atoms with Crippen molar-refractivity contribution in [2.45, 2.75) is 70.9 Å². The topological polar surface area (TPSA) is 103 Å². The number of hydrogen-bond acceptors (Lipinski definition) is 6. The van der Waals surface area contributed by atoms with Crippen LogP contribution in [0.1, 0.15) is 75.2 Å². The number of aryl methyl sites for hydroxylation is 2. The first-order valence-corrected chi connectivity index (χ1v) is 14.6. The van der Waals surface area contributed by atoms with Crippen molar-refractivity contribution >= 4 is 29.0 Å². The normalized spacial score (nSPS) is 20.0. The predicted octanol–water partition coefficient (Wildman–Crippen LogP) is 5.25. The van der Waals surface area contributed by atoms with Crippen LogP contribution in [0.15, 0.2) is 40.1 Å². The van der Waals surface area contributed by atoms with Crippen molar-refractivity contribution in [1.29, 1.82) is 0 Å². The fraction of sp³-hybridized carbons (Fsp3) is 0.433. The number of carbonyl (C=O) groups excluding carboxylic acids is 1. The van der Waals surface area contributed by atoms with Gasteiger partial charge in [-0.15, -0.1) is 0 Å². The van der Waals surface area contributed by atoms with E-state index in [0.717, 1.165) is 35.5 Å². The van der Waals surface area contributed by atoms with Gasteiger partial charge in [-0.1, -0.05) is 18.0 Å². The van der Waals surface area contributed by atoms with Gasteiger partial charge in [0.05, 0.1) is 29.3 Å². The van der Waals surface area contributed by atoms with E-state index in [0.29, 0.717) is 37.1 Å². The number of aromatic nitrogens is 4. The number of aliphatic imine (C=N–C) groups is 1. The third-order valence-electron chi connectivity index (χ3n) is 8.12. The maximum atomic E-state index is 16.5. The number of rotatable bonds is 4. The Morgan fingerprint density at radius 2 is 1.95 bits per heavy atom. The van der Waals surface area contributed by atoms with Crippen LogP contribution in [0.2, 0.25) is 5.02 Å². The molecule has 6 rings (SSSR count). The molecule has 3 aliphatic rings. The lowest BCUT2D eigenvalue weighted by Gasteiger charge is -2.30. The number of nitrogens with one attached hydrogen (secondary N) is 1. The molecule has 1 amide bonds. The van der Waals surface area contributed by atoms with Crippen LogP contribution in [-0.4, -0.2) is 37.6 Å². The van der Waals surface area contributed by atoms with E-state index in [1.54, 1.807) is 19.9 Å². The van der Waals surface area contributed by atoms with Crippen molar-refractivity contribution in [1.82, 2.24) is 24.6 Å². The highest BCUT2D eigenvalue weighted by molar-refractivity contribution is 6.31. The summed E-state index contributed by atoms with van der Waals surface area (Å²) in [4.78, 5) is 34.1. The molecule has 0 aromatic carbocycles. The van der Waals surface area contributed by atoms with Crippen LogP contribution in [-0.2, 0) is 23.2 Å². The molecule has 2 atom stereocenters. The van der Waals surface area contributed by atoms with Gasteiger partial charge < -0.3 is 10.1 Å². The Bertz CT molecular complexity index is 1760. The summed E-state index contributed by atoms with van der Waals surface area (Å²) in [5.74, 6) is -2.87. The second-order valence-electron chi connectivity index (χ2n) is 11.7. The molecule has 0 fully saturated rings. The minimum atomic E-state index is -1.17. The Labute approximate surface area is 250 Å². The number of hydrogen-bond donors (Lipinski definition) is 1. The van der Waals surface area contributed by atoms with Gasteiger partial charge in [-0.3, -0.25) is 24.1 Å². The number of pyridine rings is 2. The molecule has 226 valence electrons. The lowest BCUT2D eigenvalue weighted by atomic mass is 9.92. The highest BCUT2D eigenvalue weighted by Crippen LogP contribution is 2.39. The number of dihydropyridines is 1. The number of ether oxygens (including phenoxy) is 1. The fourth-order valence-corrected chi connectivity index (χ4v) is 6.41. The van der Waals surface area contributed by atoms with Gasteiger partial charge >= 0.3 is 0 Å². The minimum Gasteiger partial charge on any atom is -0.482 e. The van der Waals surface area contributed by atoms with E-state index < -0.39 is 40.6 Å². The zero-order chi connectivity index (χ0) is 30.6. The van der Waals surface area contributed by atoms with Gasteiger partial charge in [0, 0.05) is 31.1 Å². The number of nitrogens with zero attached hydrogens (tertiary/aromatic N) is 5. The molecule has 0 saturated heterocycles. The van der Waals surface area contributed by atoms with Gasteiger partial charge in [-0.05, 0) is 57.6 Å². The predicted molar refractivity (Wildman–Crippen MR) is 154 cm³/mol.